The molecule has 0 spiro atoms. The van der Waals surface area contributed by atoms with Gasteiger partial charge < -0.3 is 9.46 Å². The lowest BCUT2D eigenvalue weighted by Gasteiger charge is -2.36. The average molecular weight is 294 g/mol. The van der Waals surface area contributed by atoms with Crippen molar-refractivity contribution in [3.8, 4) is 0 Å². The molecule has 0 aliphatic carbocycles. The quantitative estimate of drug-likeness (QED) is 0.632. The zero-order valence-corrected chi connectivity index (χ0v) is 13.4. The predicted molar refractivity (Wildman–Crippen MR) is 84.6 cm³/mol. The summed E-state index contributed by atoms with van der Waals surface area (Å²) in [6.45, 7) is 9.06. The molecule has 0 atom stereocenters. The van der Waals surface area contributed by atoms with Crippen LogP contribution in [-0.4, -0.2) is 56.5 Å². The van der Waals surface area contributed by atoms with Crippen molar-refractivity contribution >= 4 is 18.6 Å². The van der Waals surface area contributed by atoms with E-state index in [0.717, 1.165) is 37.4 Å². The fraction of sp³-hybridized carbons (Fsp3) is 0.533. The molecule has 0 saturated carbocycles. The summed E-state index contributed by atoms with van der Waals surface area (Å²) in [6.07, 6.45) is 0.712. The summed E-state index contributed by atoms with van der Waals surface area (Å²) in [5.74, 6) is 0.100. The maximum absolute atomic E-state index is 11.8. The van der Waals surface area contributed by atoms with Crippen LogP contribution in [0.25, 0.3) is 0 Å². The largest absolute Gasteiger partial charge is 0.369 e. The van der Waals surface area contributed by atoms with Crippen LogP contribution in [0, 0.1) is 0 Å². The van der Waals surface area contributed by atoms with E-state index in [1.54, 1.807) is 6.92 Å². The van der Waals surface area contributed by atoms with Crippen molar-refractivity contribution in [1.29, 1.82) is 0 Å². The van der Waals surface area contributed by atoms with Gasteiger partial charge in [-0.25, -0.2) is 0 Å². The van der Waals surface area contributed by atoms with Gasteiger partial charge in [-0.2, -0.15) is 0 Å². The van der Waals surface area contributed by atoms with E-state index in [2.05, 4.69) is 9.80 Å². The lowest BCUT2D eigenvalue weighted by Crippen LogP contribution is -2.46. The SMILES string of the molecule is CC(=O)c1ccc(N2CCN(CP(C)(C)=O)CC2)cc1. The van der Waals surface area contributed by atoms with Gasteiger partial charge in [0, 0.05) is 37.4 Å². The molecular weight excluding hydrogens is 271 g/mol. The molecule has 1 fully saturated rings. The summed E-state index contributed by atoms with van der Waals surface area (Å²) in [5.41, 5.74) is 1.91. The molecule has 0 amide bonds. The first-order valence-electron chi connectivity index (χ1n) is 6.97. The van der Waals surface area contributed by atoms with Crippen LogP contribution in [0.3, 0.4) is 0 Å². The number of rotatable bonds is 4. The minimum Gasteiger partial charge on any atom is -0.369 e. The number of carbonyl (C=O) groups is 1. The molecule has 1 heterocycles. The van der Waals surface area contributed by atoms with E-state index in [4.69, 9.17) is 0 Å². The molecule has 20 heavy (non-hydrogen) atoms. The first-order valence-corrected chi connectivity index (χ1v) is 9.76. The highest BCUT2D eigenvalue weighted by molar-refractivity contribution is 7.62. The van der Waals surface area contributed by atoms with Crippen molar-refractivity contribution in [3.05, 3.63) is 29.8 Å². The van der Waals surface area contributed by atoms with Crippen LogP contribution < -0.4 is 4.90 Å². The Morgan fingerprint density at radius 3 is 2.10 bits per heavy atom. The fourth-order valence-electron chi connectivity index (χ4n) is 2.54. The first-order chi connectivity index (χ1) is 9.35. The lowest BCUT2D eigenvalue weighted by atomic mass is 10.1. The van der Waals surface area contributed by atoms with Crippen molar-refractivity contribution in [2.24, 2.45) is 0 Å². The third-order valence-corrected chi connectivity index (χ3v) is 4.63. The number of hydrogen-bond donors (Lipinski definition) is 0. The molecule has 2 rings (SSSR count). The van der Waals surface area contributed by atoms with Gasteiger partial charge in [0.2, 0.25) is 0 Å². The Bertz CT molecular complexity index is 513. The molecular formula is C15H23N2O2P. The molecule has 0 aromatic heterocycles. The molecule has 0 N–H and O–H groups in total. The van der Waals surface area contributed by atoms with Gasteiger partial charge in [0.25, 0.3) is 0 Å². The topological polar surface area (TPSA) is 40.6 Å². The van der Waals surface area contributed by atoms with E-state index in [-0.39, 0.29) is 5.78 Å². The molecule has 0 radical (unpaired) electrons. The lowest BCUT2D eigenvalue weighted by molar-refractivity contribution is 0.101. The van der Waals surface area contributed by atoms with E-state index >= 15 is 0 Å². The van der Waals surface area contributed by atoms with Gasteiger partial charge in [0.1, 0.15) is 0 Å². The maximum atomic E-state index is 11.8. The van der Waals surface area contributed by atoms with Crippen LogP contribution in [0.1, 0.15) is 17.3 Å². The second kappa shape index (κ2) is 6.11. The van der Waals surface area contributed by atoms with Crippen molar-refractivity contribution < 1.29 is 9.36 Å². The van der Waals surface area contributed by atoms with Crippen LogP contribution in [0.15, 0.2) is 24.3 Å². The van der Waals surface area contributed by atoms with Crippen molar-refractivity contribution in [3.63, 3.8) is 0 Å². The number of Topliss-reactive ketones (excluding diaryl/α,β-unsaturated/α-hetero) is 1. The van der Waals surface area contributed by atoms with E-state index in [1.807, 2.05) is 37.6 Å². The second-order valence-electron chi connectivity index (χ2n) is 5.92. The summed E-state index contributed by atoms with van der Waals surface area (Å²) < 4.78 is 11.8. The first kappa shape index (κ1) is 15.3. The van der Waals surface area contributed by atoms with Crippen LogP contribution >= 0.6 is 7.14 Å². The molecule has 4 nitrogen and oxygen atoms in total. The van der Waals surface area contributed by atoms with Gasteiger partial charge in [-0.1, -0.05) is 0 Å². The van der Waals surface area contributed by atoms with E-state index in [1.165, 1.54) is 0 Å². The van der Waals surface area contributed by atoms with Gasteiger partial charge in [-0.15, -0.1) is 0 Å². The third-order valence-electron chi connectivity index (χ3n) is 3.55. The van der Waals surface area contributed by atoms with E-state index in [0.29, 0.717) is 6.29 Å². The van der Waals surface area contributed by atoms with Crippen LogP contribution in [0.2, 0.25) is 0 Å². The molecule has 1 aliphatic heterocycles. The highest BCUT2D eigenvalue weighted by atomic mass is 31.2. The summed E-state index contributed by atoms with van der Waals surface area (Å²) in [4.78, 5) is 15.9. The zero-order valence-electron chi connectivity index (χ0n) is 12.5. The number of anilines is 1. The Hall–Kier alpha value is -1.12. The van der Waals surface area contributed by atoms with E-state index < -0.39 is 7.14 Å². The van der Waals surface area contributed by atoms with Gasteiger partial charge in [-0.05, 0) is 44.5 Å². The third kappa shape index (κ3) is 4.19. The number of carbonyl (C=O) groups excluding carboxylic acids is 1. The Kier molecular flexibility index (Phi) is 4.66. The molecule has 5 heteroatoms. The molecule has 1 aromatic carbocycles. The van der Waals surface area contributed by atoms with Gasteiger partial charge in [0.05, 0.1) is 13.4 Å². The molecule has 0 unspecified atom stereocenters. The Morgan fingerprint density at radius 2 is 1.65 bits per heavy atom. The Labute approximate surface area is 121 Å². The van der Waals surface area contributed by atoms with E-state index in [9.17, 15) is 9.36 Å². The normalized spacial score (nSPS) is 17.2. The fourth-order valence-corrected chi connectivity index (χ4v) is 3.78. The van der Waals surface area contributed by atoms with Crippen LogP contribution in [0.4, 0.5) is 5.69 Å². The zero-order chi connectivity index (χ0) is 14.8. The smallest absolute Gasteiger partial charge is 0.159 e. The Morgan fingerprint density at radius 1 is 1.10 bits per heavy atom. The molecule has 1 aliphatic rings. The monoisotopic (exact) mass is 294 g/mol. The summed E-state index contributed by atoms with van der Waals surface area (Å²) in [6, 6.07) is 7.79. The number of nitrogens with zero attached hydrogens (tertiary/aromatic N) is 2. The number of piperazine rings is 1. The molecule has 110 valence electrons. The van der Waals surface area contributed by atoms with Gasteiger partial charge >= 0.3 is 0 Å². The van der Waals surface area contributed by atoms with Gasteiger partial charge in [0.15, 0.2) is 5.78 Å². The predicted octanol–water partition coefficient (Wildman–Crippen LogP) is 2.59. The maximum Gasteiger partial charge on any atom is 0.159 e. The molecule has 1 aromatic rings. The summed E-state index contributed by atoms with van der Waals surface area (Å²) in [5, 5.41) is 0. The molecule has 1 saturated heterocycles. The standard InChI is InChI=1S/C15H23N2O2P/c1-13(18)14-4-6-15(7-5-14)17-10-8-16(9-11-17)12-20(2,3)19/h4-7H,8-12H2,1-3H3. The summed E-state index contributed by atoms with van der Waals surface area (Å²) >= 11 is 0. The number of hydrogen-bond acceptors (Lipinski definition) is 4. The highest BCUT2D eigenvalue weighted by Crippen LogP contribution is 2.36. The summed E-state index contributed by atoms with van der Waals surface area (Å²) in [7, 11) is -1.97. The molecule has 0 bridgehead atoms. The highest BCUT2D eigenvalue weighted by Gasteiger charge is 2.20. The van der Waals surface area contributed by atoms with Crippen molar-refractivity contribution in [2.45, 2.75) is 6.92 Å². The van der Waals surface area contributed by atoms with Crippen LogP contribution in [-0.2, 0) is 4.57 Å². The second-order valence-corrected chi connectivity index (χ2v) is 9.35. The minimum atomic E-state index is -1.97. The van der Waals surface area contributed by atoms with Gasteiger partial charge in [-0.3, -0.25) is 9.69 Å². The van der Waals surface area contributed by atoms with Crippen molar-refractivity contribution in [2.75, 3.05) is 50.7 Å². The number of benzene rings is 1. The number of ketones is 1. The Balaban J connectivity index is 1.93. The van der Waals surface area contributed by atoms with Crippen molar-refractivity contribution in [1.82, 2.24) is 4.90 Å². The van der Waals surface area contributed by atoms with Crippen LogP contribution in [0.5, 0.6) is 0 Å². The minimum absolute atomic E-state index is 0.100. The average Bonchev–Trinajstić information content (AvgIpc) is 2.38.